The zero-order chi connectivity index (χ0) is 25.0. The minimum atomic E-state index is -4.46. The van der Waals surface area contributed by atoms with Gasteiger partial charge in [0.15, 0.2) is 5.82 Å². The highest BCUT2D eigenvalue weighted by Gasteiger charge is 2.31. The molecule has 2 aromatic heterocycles. The number of hydrogen-bond donors (Lipinski definition) is 1. The molecule has 2 heterocycles. The van der Waals surface area contributed by atoms with E-state index < -0.39 is 11.7 Å². The molecular formula is C26H30F3N5O. The van der Waals surface area contributed by atoms with Crippen molar-refractivity contribution in [2.24, 2.45) is 0 Å². The van der Waals surface area contributed by atoms with Crippen LogP contribution >= 0.6 is 0 Å². The minimum Gasteiger partial charge on any atom is -0.348 e. The molecule has 1 saturated carbocycles. The van der Waals surface area contributed by atoms with Crippen LogP contribution in [0, 0.1) is 6.92 Å². The molecule has 0 atom stereocenters. The van der Waals surface area contributed by atoms with Gasteiger partial charge in [0.1, 0.15) is 0 Å². The first-order valence-electron chi connectivity index (χ1n) is 11.9. The Bertz CT molecular complexity index is 1150. The second-order valence-electron chi connectivity index (χ2n) is 9.12. The lowest BCUT2D eigenvalue weighted by Gasteiger charge is -2.31. The van der Waals surface area contributed by atoms with Crippen LogP contribution in [-0.2, 0) is 19.3 Å². The summed E-state index contributed by atoms with van der Waals surface area (Å²) in [5.41, 5.74) is 2.25. The summed E-state index contributed by atoms with van der Waals surface area (Å²) < 4.78 is 39.8. The maximum absolute atomic E-state index is 12.9. The molecule has 4 rings (SSSR count). The molecule has 1 fully saturated rings. The Kier molecular flexibility index (Phi) is 7.54. The minimum absolute atomic E-state index is 0.214. The van der Waals surface area contributed by atoms with Gasteiger partial charge in [0.2, 0.25) is 0 Å². The van der Waals surface area contributed by atoms with Crippen molar-refractivity contribution in [1.29, 1.82) is 0 Å². The monoisotopic (exact) mass is 485 g/mol. The quantitative estimate of drug-likeness (QED) is 0.494. The fraction of sp³-hybridized carbons (Fsp3) is 0.423. The summed E-state index contributed by atoms with van der Waals surface area (Å²) >= 11 is 0. The highest BCUT2D eigenvalue weighted by molar-refractivity contribution is 5.95. The summed E-state index contributed by atoms with van der Waals surface area (Å²) in [4.78, 5) is 19.2. The van der Waals surface area contributed by atoms with E-state index in [2.05, 4.69) is 33.4 Å². The van der Waals surface area contributed by atoms with Crippen LogP contribution in [0.3, 0.4) is 0 Å². The molecule has 0 saturated heterocycles. The van der Waals surface area contributed by atoms with Crippen molar-refractivity contribution in [3.63, 3.8) is 0 Å². The van der Waals surface area contributed by atoms with E-state index >= 15 is 0 Å². The molecule has 0 radical (unpaired) electrons. The van der Waals surface area contributed by atoms with Crippen LogP contribution in [0.5, 0.6) is 0 Å². The fourth-order valence-corrected chi connectivity index (χ4v) is 4.62. The van der Waals surface area contributed by atoms with Crippen molar-refractivity contribution in [2.75, 3.05) is 7.05 Å². The Morgan fingerprint density at radius 2 is 1.80 bits per heavy atom. The summed E-state index contributed by atoms with van der Waals surface area (Å²) in [7, 11) is 2.17. The molecule has 6 nitrogen and oxygen atoms in total. The highest BCUT2D eigenvalue weighted by atomic mass is 19.4. The predicted octanol–water partition coefficient (Wildman–Crippen LogP) is 5.29. The van der Waals surface area contributed by atoms with Crippen LogP contribution < -0.4 is 5.32 Å². The second-order valence-corrected chi connectivity index (χ2v) is 9.12. The lowest BCUT2D eigenvalue weighted by Crippen LogP contribution is -2.33. The smallest absolute Gasteiger partial charge is 0.348 e. The van der Waals surface area contributed by atoms with E-state index in [1.807, 2.05) is 18.2 Å². The molecule has 3 aromatic rings. The number of aromatic nitrogens is 3. The number of carbonyl (C=O) groups excluding carboxylic acids is 1. The van der Waals surface area contributed by atoms with Crippen LogP contribution in [-0.4, -0.2) is 38.7 Å². The van der Waals surface area contributed by atoms with E-state index in [0.717, 1.165) is 24.4 Å². The number of nitrogens with one attached hydrogen (secondary N) is 1. The van der Waals surface area contributed by atoms with Gasteiger partial charge in [-0.15, -0.1) is 0 Å². The fourth-order valence-electron chi connectivity index (χ4n) is 4.62. The van der Waals surface area contributed by atoms with Crippen molar-refractivity contribution in [3.05, 3.63) is 76.7 Å². The van der Waals surface area contributed by atoms with E-state index in [1.54, 1.807) is 6.92 Å². The van der Waals surface area contributed by atoms with Crippen molar-refractivity contribution >= 4 is 5.91 Å². The number of carbonyl (C=O) groups is 1. The normalized spacial score (nSPS) is 14.9. The van der Waals surface area contributed by atoms with Crippen molar-refractivity contribution in [1.82, 2.24) is 25.0 Å². The molecule has 1 aliphatic carbocycles. The van der Waals surface area contributed by atoms with Crippen LogP contribution in [0.15, 0.2) is 48.8 Å². The molecule has 186 valence electrons. The first-order chi connectivity index (χ1) is 16.7. The maximum Gasteiger partial charge on any atom is 0.417 e. The van der Waals surface area contributed by atoms with Gasteiger partial charge >= 0.3 is 6.18 Å². The van der Waals surface area contributed by atoms with Crippen molar-refractivity contribution < 1.29 is 18.0 Å². The molecule has 0 spiro atoms. The van der Waals surface area contributed by atoms with Gasteiger partial charge in [-0.1, -0.05) is 43.5 Å². The third-order valence-electron chi connectivity index (χ3n) is 6.72. The Balaban J connectivity index is 1.42. The summed E-state index contributed by atoms with van der Waals surface area (Å²) in [6.07, 6.45) is 4.04. The maximum atomic E-state index is 12.9. The van der Waals surface area contributed by atoms with Crippen LogP contribution in [0.25, 0.3) is 5.82 Å². The van der Waals surface area contributed by atoms with Gasteiger partial charge in [0, 0.05) is 25.3 Å². The molecule has 1 aromatic carbocycles. The summed E-state index contributed by atoms with van der Waals surface area (Å²) in [6, 6.07) is 10.9. The molecule has 1 N–H and O–H groups in total. The first-order valence-corrected chi connectivity index (χ1v) is 11.9. The Hall–Kier alpha value is -3.20. The average Bonchev–Trinajstić information content (AvgIpc) is 3.24. The van der Waals surface area contributed by atoms with E-state index in [9.17, 15) is 18.0 Å². The Labute approximate surface area is 203 Å². The molecular weight excluding hydrogens is 455 g/mol. The van der Waals surface area contributed by atoms with Crippen LogP contribution in [0.4, 0.5) is 13.2 Å². The zero-order valence-corrected chi connectivity index (χ0v) is 20.0. The number of benzene rings is 1. The highest BCUT2D eigenvalue weighted by Crippen LogP contribution is 2.29. The third-order valence-corrected chi connectivity index (χ3v) is 6.72. The number of hydrogen-bond acceptors (Lipinski definition) is 4. The zero-order valence-electron chi connectivity index (χ0n) is 20.0. The lowest BCUT2D eigenvalue weighted by molar-refractivity contribution is -0.137. The number of rotatable bonds is 7. The molecule has 9 heteroatoms. The molecule has 1 aliphatic rings. The number of halogens is 3. The number of amides is 1. The molecule has 0 bridgehead atoms. The topological polar surface area (TPSA) is 63.1 Å². The van der Waals surface area contributed by atoms with E-state index in [-0.39, 0.29) is 11.7 Å². The van der Waals surface area contributed by atoms with Crippen molar-refractivity contribution in [2.45, 2.75) is 64.3 Å². The van der Waals surface area contributed by atoms with Gasteiger partial charge in [-0.05, 0) is 50.1 Å². The number of pyridine rings is 1. The molecule has 0 unspecified atom stereocenters. The van der Waals surface area contributed by atoms with E-state index in [4.69, 9.17) is 0 Å². The van der Waals surface area contributed by atoms with Gasteiger partial charge in [-0.2, -0.15) is 18.3 Å². The van der Waals surface area contributed by atoms with E-state index in [1.165, 1.54) is 54.6 Å². The lowest BCUT2D eigenvalue weighted by atomic mass is 9.94. The number of alkyl halides is 3. The Morgan fingerprint density at radius 1 is 1.09 bits per heavy atom. The molecule has 35 heavy (non-hydrogen) atoms. The van der Waals surface area contributed by atoms with Gasteiger partial charge < -0.3 is 5.32 Å². The van der Waals surface area contributed by atoms with Gasteiger partial charge in [-0.25, -0.2) is 9.67 Å². The largest absolute Gasteiger partial charge is 0.417 e. The standard InChI is InChI=1S/C26H30F3N5O/c1-18-23(16-32-34(18)24-13-12-21(15-30-24)26(27,28)29)25(35)31-14-19-8-6-7-9-20(19)17-33(2)22-10-4-3-5-11-22/h6-9,12-13,15-16,22H,3-5,10-11,14,17H2,1-2H3,(H,31,35). The summed E-state index contributed by atoms with van der Waals surface area (Å²) in [5.74, 6) is -0.0817. The molecule has 1 amide bonds. The van der Waals surface area contributed by atoms with Crippen LogP contribution in [0.1, 0.15) is 64.8 Å². The average molecular weight is 486 g/mol. The van der Waals surface area contributed by atoms with Gasteiger partial charge in [0.25, 0.3) is 5.91 Å². The number of nitrogens with zero attached hydrogens (tertiary/aromatic N) is 4. The summed E-state index contributed by atoms with van der Waals surface area (Å²) in [6.45, 7) is 2.89. The van der Waals surface area contributed by atoms with Crippen LogP contribution in [0.2, 0.25) is 0 Å². The predicted molar refractivity (Wildman–Crippen MR) is 127 cm³/mol. The van der Waals surface area contributed by atoms with E-state index in [0.29, 0.717) is 23.8 Å². The molecule has 0 aliphatic heterocycles. The SMILES string of the molecule is Cc1c(C(=O)NCc2ccccc2CN(C)C2CCCCC2)cnn1-c1ccc(C(F)(F)F)cn1. The second kappa shape index (κ2) is 10.6. The van der Waals surface area contributed by atoms with Gasteiger partial charge in [0.05, 0.1) is 23.0 Å². The first kappa shape index (κ1) is 24.9. The summed E-state index contributed by atoms with van der Waals surface area (Å²) in [5, 5.41) is 7.13. The van der Waals surface area contributed by atoms with Crippen molar-refractivity contribution in [3.8, 4) is 5.82 Å². The van der Waals surface area contributed by atoms with Gasteiger partial charge in [-0.3, -0.25) is 9.69 Å². The Morgan fingerprint density at radius 3 is 2.46 bits per heavy atom. The third kappa shape index (κ3) is 5.90.